The smallest absolute Gasteiger partial charge is 0.321 e. The molecule has 0 radical (unpaired) electrons. The second-order valence-corrected chi connectivity index (χ2v) is 6.91. The van der Waals surface area contributed by atoms with Gasteiger partial charge in [-0.15, -0.1) is 0 Å². The van der Waals surface area contributed by atoms with Crippen LogP contribution in [-0.2, 0) is 0 Å². The molecule has 1 heterocycles. The van der Waals surface area contributed by atoms with Gasteiger partial charge in [0.25, 0.3) is 0 Å². The monoisotopic (exact) mass is 345 g/mol. The van der Waals surface area contributed by atoms with Gasteiger partial charge in [0.15, 0.2) is 17.3 Å². The number of hydrogen-bond acceptors (Lipinski definition) is 6. The molecular formula is C19H27N3O3. The second-order valence-electron chi connectivity index (χ2n) is 6.91. The first kappa shape index (κ1) is 17.6. The Morgan fingerprint density at radius 1 is 1.16 bits per heavy atom. The highest BCUT2D eigenvalue weighted by molar-refractivity contribution is 5.45. The molecule has 1 aliphatic carbocycles. The summed E-state index contributed by atoms with van der Waals surface area (Å²) < 4.78 is 16.9. The van der Waals surface area contributed by atoms with Gasteiger partial charge in [-0.2, -0.15) is 4.98 Å². The first-order chi connectivity index (χ1) is 12.1. The Morgan fingerprint density at radius 3 is 2.56 bits per heavy atom. The van der Waals surface area contributed by atoms with Gasteiger partial charge in [-0.3, -0.25) is 0 Å². The first-order valence-electron chi connectivity index (χ1n) is 9.01. The molecular weight excluding hydrogens is 318 g/mol. The van der Waals surface area contributed by atoms with E-state index < -0.39 is 0 Å². The molecule has 1 aliphatic rings. The van der Waals surface area contributed by atoms with Crippen molar-refractivity contribution >= 4 is 6.01 Å². The number of methoxy groups -OCH3 is 1. The number of rotatable bonds is 7. The van der Waals surface area contributed by atoms with Gasteiger partial charge in [0.05, 0.1) is 19.3 Å². The Hall–Kier alpha value is -2.24. The molecule has 0 saturated heterocycles. The van der Waals surface area contributed by atoms with Crippen molar-refractivity contribution in [3.63, 3.8) is 0 Å². The molecule has 136 valence electrons. The van der Waals surface area contributed by atoms with E-state index in [1.165, 1.54) is 12.8 Å². The number of aromatic nitrogens is 2. The van der Waals surface area contributed by atoms with Crippen LogP contribution in [0.15, 0.2) is 22.7 Å². The van der Waals surface area contributed by atoms with Gasteiger partial charge in [-0.1, -0.05) is 25.1 Å². The van der Waals surface area contributed by atoms with E-state index in [0.29, 0.717) is 17.9 Å². The van der Waals surface area contributed by atoms with E-state index in [-0.39, 0.29) is 12.0 Å². The van der Waals surface area contributed by atoms with Crippen LogP contribution in [0.4, 0.5) is 6.01 Å². The van der Waals surface area contributed by atoms with Crippen LogP contribution >= 0.6 is 0 Å². The zero-order chi connectivity index (χ0) is 17.8. The topological polar surface area (TPSA) is 69.4 Å². The Kier molecular flexibility index (Phi) is 5.46. The molecule has 1 atom stereocenters. The molecule has 25 heavy (non-hydrogen) atoms. The summed E-state index contributed by atoms with van der Waals surface area (Å²) in [5.41, 5.74) is 1.07. The highest BCUT2D eigenvalue weighted by atomic mass is 16.5. The maximum atomic E-state index is 6.09. The van der Waals surface area contributed by atoms with Crippen LogP contribution in [0.25, 0.3) is 0 Å². The Balaban J connectivity index is 1.70. The van der Waals surface area contributed by atoms with E-state index in [9.17, 15) is 0 Å². The predicted molar refractivity (Wildman–Crippen MR) is 96.3 cm³/mol. The fourth-order valence-electron chi connectivity index (χ4n) is 3.03. The summed E-state index contributed by atoms with van der Waals surface area (Å²) in [4.78, 5) is 4.36. The van der Waals surface area contributed by atoms with Crippen LogP contribution in [-0.4, -0.2) is 23.4 Å². The third-order valence-corrected chi connectivity index (χ3v) is 4.58. The number of nitrogens with zero attached hydrogens (tertiary/aromatic N) is 2. The number of anilines is 1. The SMILES string of the molecule is COc1cc(C(C)Nc2nc(C(C)C)no2)ccc1OC1CCCC1. The van der Waals surface area contributed by atoms with Crippen LogP contribution in [0.1, 0.15) is 69.8 Å². The molecule has 3 rings (SSSR count). The molecule has 1 saturated carbocycles. The quantitative estimate of drug-likeness (QED) is 0.784. The molecule has 1 fully saturated rings. The summed E-state index contributed by atoms with van der Waals surface area (Å²) in [6.07, 6.45) is 5.04. The minimum atomic E-state index is 0.00916. The summed E-state index contributed by atoms with van der Waals surface area (Å²) in [5.74, 6) is 2.51. The standard InChI is InChI=1S/C19H27N3O3/c1-12(2)18-21-19(25-22-18)20-13(3)14-9-10-16(17(11-14)23-4)24-15-7-5-6-8-15/h9-13,15H,5-8H2,1-4H3,(H,20,21,22). The summed E-state index contributed by atoms with van der Waals surface area (Å²) in [6.45, 7) is 6.11. The first-order valence-corrected chi connectivity index (χ1v) is 9.01. The van der Waals surface area contributed by atoms with Gasteiger partial charge in [0.2, 0.25) is 0 Å². The minimum Gasteiger partial charge on any atom is -0.493 e. The zero-order valence-electron chi connectivity index (χ0n) is 15.4. The Bertz CT molecular complexity index is 693. The van der Waals surface area contributed by atoms with E-state index in [1.54, 1.807) is 7.11 Å². The molecule has 2 aromatic rings. The lowest BCUT2D eigenvalue weighted by Gasteiger charge is -2.18. The fraction of sp³-hybridized carbons (Fsp3) is 0.579. The number of hydrogen-bond donors (Lipinski definition) is 1. The van der Waals surface area contributed by atoms with Crippen molar-refractivity contribution in [3.8, 4) is 11.5 Å². The number of ether oxygens (including phenoxy) is 2. The molecule has 0 amide bonds. The minimum absolute atomic E-state index is 0.00916. The van der Waals surface area contributed by atoms with Gasteiger partial charge in [-0.25, -0.2) is 0 Å². The van der Waals surface area contributed by atoms with Gasteiger partial charge in [-0.05, 0) is 50.3 Å². The van der Waals surface area contributed by atoms with E-state index in [2.05, 4.69) is 15.5 Å². The maximum absolute atomic E-state index is 6.09. The van der Waals surface area contributed by atoms with E-state index in [0.717, 1.165) is 29.9 Å². The van der Waals surface area contributed by atoms with Crippen molar-refractivity contribution in [2.75, 3.05) is 12.4 Å². The summed E-state index contributed by atoms with van der Waals surface area (Å²) in [6, 6.07) is 6.47. The third kappa shape index (κ3) is 4.24. The van der Waals surface area contributed by atoms with Gasteiger partial charge in [0.1, 0.15) is 0 Å². The van der Waals surface area contributed by atoms with E-state index in [4.69, 9.17) is 14.0 Å². The molecule has 1 unspecified atom stereocenters. The lowest BCUT2D eigenvalue weighted by atomic mass is 10.1. The predicted octanol–water partition coefficient (Wildman–Crippen LogP) is 4.70. The average molecular weight is 345 g/mol. The molecule has 6 nitrogen and oxygen atoms in total. The molecule has 1 N–H and O–H groups in total. The fourth-order valence-corrected chi connectivity index (χ4v) is 3.03. The van der Waals surface area contributed by atoms with Crippen molar-refractivity contribution in [1.29, 1.82) is 0 Å². The van der Waals surface area contributed by atoms with Crippen molar-refractivity contribution in [2.45, 2.75) is 64.5 Å². The Morgan fingerprint density at radius 2 is 1.92 bits per heavy atom. The maximum Gasteiger partial charge on any atom is 0.321 e. The third-order valence-electron chi connectivity index (χ3n) is 4.58. The van der Waals surface area contributed by atoms with Crippen molar-refractivity contribution < 1.29 is 14.0 Å². The summed E-state index contributed by atoms with van der Waals surface area (Å²) in [5, 5.41) is 7.21. The van der Waals surface area contributed by atoms with Crippen LogP contribution in [0.3, 0.4) is 0 Å². The largest absolute Gasteiger partial charge is 0.493 e. The zero-order valence-corrected chi connectivity index (χ0v) is 15.4. The summed E-state index contributed by atoms with van der Waals surface area (Å²) >= 11 is 0. The Labute approximate surface area is 148 Å². The van der Waals surface area contributed by atoms with Gasteiger partial charge < -0.3 is 19.3 Å². The number of nitrogens with one attached hydrogen (secondary N) is 1. The summed E-state index contributed by atoms with van der Waals surface area (Å²) in [7, 11) is 1.67. The van der Waals surface area contributed by atoms with Crippen molar-refractivity contribution in [1.82, 2.24) is 10.1 Å². The number of benzene rings is 1. The normalized spacial score (nSPS) is 16.2. The van der Waals surface area contributed by atoms with Crippen LogP contribution in [0.5, 0.6) is 11.5 Å². The second kappa shape index (κ2) is 7.76. The highest BCUT2D eigenvalue weighted by Gasteiger charge is 2.19. The molecule has 0 spiro atoms. The van der Waals surface area contributed by atoms with Crippen LogP contribution < -0.4 is 14.8 Å². The molecule has 1 aromatic heterocycles. The lowest BCUT2D eigenvalue weighted by molar-refractivity contribution is 0.200. The highest BCUT2D eigenvalue weighted by Crippen LogP contribution is 2.34. The van der Waals surface area contributed by atoms with E-state index >= 15 is 0 Å². The van der Waals surface area contributed by atoms with Crippen LogP contribution in [0, 0.1) is 0 Å². The molecule has 0 aliphatic heterocycles. The van der Waals surface area contributed by atoms with Gasteiger partial charge >= 0.3 is 6.01 Å². The molecule has 0 bridgehead atoms. The van der Waals surface area contributed by atoms with Crippen molar-refractivity contribution in [3.05, 3.63) is 29.6 Å². The van der Waals surface area contributed by atoms with E-state index in [1.807, 2.05) is 39.0 Å². The van der Waals surface area contributed by atoms with Crippen LogP contribution in [0.2, 0.25) is 0 Å². The lowest BCUT2D eigenvalue weighted by Crippen LogP contribution is -2.12. The average Bonchev–Trinajstić information content (AvgIpc) is 3.27. The van der Waals surface area contributed by atoms with Crippen molar-refractivity contribution in [2.24, 2.45) is 0 Å². The molecule has 1 aromatic carbocycles. The van der Waals surface area contributed by atoms with Gasteiger partial charge in [0, 0.05) is 5.92 Å². The molecule has 6 heteroatoms.